The van der Waals surface area contributed by atoms with Crippen LogP contribution in [0.3, 0.4) is 0 Å². The number of oxazole rings is 1. The Hall–Kier alpha value is -1.76. The summed E-state index contributed by atoms with van der Waals surface area (Å²) in [6, 6.07) is 0. The minimum absolute atomic E-state index is 0.0117. The van der Waals surface area contributed by atoms with Gasteiger partial charge in [-0.25, -0.2) is 9.97 Å². The van der Waals surface area contributed by atoms with Crippen molar-refractivity contribution in [3.05, 3.63) is 29.7 Å². The molecular weight excluding hydrogens is 266 g/mol. The number of aryl methyl sites for hydroxylation is 2. The minimum atomic E-state index is -0.860. The van der Waals surface area contributed by atoms with Crippen LogP contribution in [0.1, 0.15) is 24.3 Å². The number of carboxylic acid groups (broad SMARTS) is 1. The fourth-order valence-corrected chi connectivity index (χ4v) is 2.34. The van der Waals surface area contributed by atoms with Crippen LogP contribution in [0.25, 0.3) is 0 Å². The lowest BCUT2D eigenvalue weighted by Gasteiger charge is -2.06. The summed E-state index contributed by atoms with van der Waals surface area (Å²) in [6.07, 6.45) is 4.23. The number of imidazole rings is 1. The highest BCUT2D eigenvalue weighted by Crippen LogP contribution is 2.19. The predicted octanol–water partition coefficient (Wildman–Crippen LogP) is 1.97. The van der Waals surface area contributed by atoms with Crippen molar-refractivity contribution in [1.82, 2.24) is 14.5 Å². The molecule has 2 aromatic rings. The van der Waals surface area contributed by atoms with E-state index in [0.717, 1.165) is 17.9 Å². The van der Waals surface area contributed by atoms with Gasteiger partial charge in [0.15, 0.2) is 5.16 Å². The number of hydrogen-bond donors (Lipinski definition) is 1. The molecule has 0 aliphatic rings. The van der Waals surface area contributed by atoms with Crippen molar-refractivity contribution in [2.75, 3.05) is 5.75 Å². The van der Waals surface area contributed by atoms with Crippen molar-refractivity contribution in [1.29, 1.82) is 0 Å². The van der Waals surface area contributed by atoms with E-state index in [1.54, 1.807) is 12.4 Å². The largest absolute Gasteiger partial charge is 0.481 e. The van der Waals surface area contributed by atoms with Gasteiger partial charge in [0.2, 0.25) is 5.89 Å². The average molecular weight is 281 g/mol. The van der Waals surface area contributed by atoms with Gasteiger partial charge in [0.05, 0.1) is 11.9 Å². The summed E-state index contributed by atoms with van der Waals surface area (Å²) in [5, 5.41) is 9.37. The molecule has 2 heterocycles. The van der Waals surface area contributed by atoms with E-state index in [-0.39, 0.29) is 5.75 Å². The van der Waals surface area contributed by atoms with Crippen molar-refractivity contribution >= 4 is 17.7 Å². The molecule has 2 aromatic heterocycles. The van der Waals surface area contributed by atoms with Gasteiger partial charge >= 0.3 is 5.97 Å². The van der Waals surface area contributed by atoms with Crippen LogP contribution < -0.4 is 0 Å². The molecule has 0 saturated carbocycles. The van der Waals surface area contributed by atoms with Crippen LogP contribution in [0.15, 0.2) is 22.0 Å². The quantitative estimate of drug-likeness (QED) is 0.815. The first-order valence-electron chi connectivity index (χ1n) is 5.90. The van der Waals surface area contributed by atoms with Gasteiger partial charge in [0.1, 0.15) is 12.3 Å². The minimum Gasteiger partial charge on any atom is -0.481 e. The molecule has 0 aliphatic carbocycles. The molecule has 19 heavy (non-hydrogen) atoms. The Morgan fingerprint density at radius 3 is 2.89 bits per heavy atom. The monoisotopic (exact) mass is 281 g/mol. The lowest BCUT2D eigenvalue weighted by atomic mass is 10.4. The summed E-state index contributed by atoms with van der Waals surface area (Å²) >= 11 is 1.19. The average Bonchev–Trinajstić information content (AvgIpc) is 2.96. The second-order valence-electron chi connectivity index (χ2n) is 4.02. The molecule has 2 rings (SSSR count). The van der Waals surface area contributed by atoms with Crippen molar-refractivity contribution < 1.29 is 14.3 Å². The third-order valence-corrected chi connectivity index (χ3v) is 3.56. The second-order valence-corrected chi connectivity index (χ2v) is 4.97. The topological polar surface area (TPSA) is 81.2 Å². The van der Waals surface area contributed by atoms with Crippen molar-refractivity contribution in [2.24, 2.45) is 0 Å². The van der Waals surface area contributed by atoms with Crippen LogP contribution in [0.5, 0.6) is 0 Å². The first-order chi connectivity index (χ1) is 9.10. The molecule has 0 atom stereocenters. The highest BCUT2D eigenvalue weighted by Gasteiger charge is 2.12. The third-order valence-electron chi connectivity index (χ3n) is 2.59. The standard InChI is InChI=1S/C12H15N3O3S/c1-3-9-5-13-10(18-9)6-15-8(2)4-14-12(15)19-7-11(16)17/h4-5H,3,6-7H2,1-2H3,(H,16,17). The molecular formula is C12H15N3O3S. The molecule has 0 spiro atoms. The normalized spacial score (nSPS) is 10.8. The summed E-state index contributed by atoms with van der Waals surface area (Å²) in [5.41, 5.74) is 0.948. The Bertz CT molecular complexity index is 577. The van der Waals surface area contributed by atoms with Gasteiger partial charge in [-0.15, -0.1) is 0 Å². The lowest BCUT2D eigenvalue weighted by molar-refractivity contribution is -0.133. The van der Waals surface area contributed by atoms with E-state index in [4.69, 9.17) is 9.52 Å². The molecule has 0 amide bonds. The molecule has 1 N–H and O–H groups in total. The molecule has 6 nitrogen and oxygen atoms in total. The van der Waals surface area contributed by atoms with Crippen molar-refractivity contribution in [3.63, 3.8) is 0 Å². The van der Waals surface area contributed by atoms with E-state index >= 15 is 0 Å². The van der Waals surface area contributed by atoms with Gasteiger partial charge < -0.3 is 14.1 Å². The molecule has 0 saturated heterocycles. The van der Waals surface area contributed by atoms with Gasteiger partial charge in [-0.1, -0.05) is 18.7 Å². The molecule has 0 radical (unpaired) electrons. The Balaban J connectivity index is 2.14. The number of nitrogens with zero attached hydrogens (tertiary/aromatic N) is 3. The summed E-state index contributed by atoms with van der Waals surface area (Å²) in [6.45, 7) is 4.39. The van der Waals surface area contributed by atoms with Crippen LogP contribution in [0.2, 0.25) is 0 Å². The summed E-state index contributed by atoms with van der Waals surface area (Å²) < 4.78 is 7.46. The fourth-order valence-electron chi connectivity index (χ4n) is 1.59. The zero-order chi connectivity index (χ0) is 13.8. The highest BCUT2D eigenvalue weighted by molar-refractivity contribution is 7.99. The molecule has 0 bridgehead atoms. The van der Waals surface area contributed by atoms with Gasteiger partial charge in [-0.3, -0.25) is 4.79 Å². The van der Waals surface area contributed by atoms with E-state index in [0.29, 0.717) is 17.6 Å². The van der Waals surface area contributed by atoms with Crippen molar-refractivity contribution in [3.8, 4) is 0 Å². The Morgan fingerprint density at radius 2 is 2.26 bits per heavy atom. The second kappa shape index (κ2) is 5.92. The van der Waals surface area contributed by atoms with E-state index in [2.05, 4.69) is 9.97 Å². The Morgan fingerprint density at radius 1 is 1.47 bits per heavy atom. The highest BCUT2D eigenvalue weighted by atomic mass is 32.2. The fraction of sp³-hybridized carbons (Fsp3) is 0.417. The Kier molecular flexibility index (Phi) is 4.26. The molecule has 0 fully saturated rings. The van der Waals surface area contributed by atoms with Crippen LogP contribution in [-0.2, 0) is 17.8 Å². The first kappa shape index (κ1) is 13.7. The zero-order valence-electron chi connectivity index (χ0n) is 10.8. The van der Waals surface area contributed by atoms with E-state index in [1.807, 2.05) is 18.4 Å². The van der Waals surface area contributed by atoms with E-state index in [1.165, 1.54) is 11.8 Å². The van der Waals surface area contributed by atoms with E-state index < -0.39 is 5.97 Å². The van der Waals surface area contributed by atoms with Gasteiger partial charge in [0, 0.05) is 18.3 Å². The lowest BCUT2D eigenvalue weighted by Crippen LogP contribution is -2.06. The predicted molar refractivity (Wildman–Crippen MR) is 70.3 cm³/mol. The number of aromatic nitrogens is 3. The number of carboxylic acids is 1. The first-order valence-corrected chi connectivity index (χ1v) is 6.89. The number of carbonyl (C=O) groups is 1. The summed E-state index contributed by atoms with van der Waals surface area (Å²) in [4.78, 5) is 19.0. The van der Waals surface area contributed by atoms with Gasteiger partial charge in [0.25, 0.3) is 0 Å². The summed E-state index contributed by atoms with van der Waals surface area (Å²) in [5.74, 6) is 0.576. The molecule has 102 valence electrons. The number of aliphatic carboxylic acids is 1. The maximum Gasteiger partial charge on any atom is 0.313 e. The van der Waals surface area contributed by atoms with Gasteiger partial charge in [-0.05, 0) is 6.92 Å². The molecule has 0 unspecified atom stereocenters. The van der Waals surface area contributed by atoms with Crippen LogP contribution in [0, 0.1) is 6.92 Å². The molecule has 7 heteroatoms. The maximum atomic E-state index is 10.6. The van der Waals surface area contributed by atoms with Crippen LogP contribution in [0.4, 0.5) is 0 Å². The number of hydrogen-bond acceptors (Lipinski definition) is 5. The number of rotatable bonds is 6. The third kappa shape index (κ3) is 3.37. The van der Waals surface area contributed by atoms with Crippen molar-refractivity contribution in [2.45, 2.75) is 32.0 Å². The summed E-state index contributed by atoms with van der Waals surface area (Å²) in [7, 11) is 0. The smallest absolute Gasteiger partial charge is 0.313 e. The Labute approximate surface area is 114 Å². The molecule has 0 aliphatic heterocycles. The zero-order valence-corrected chi connectivity index (χ0v) is 11.6. The van der Waals surface area contributed by atoms with Crippen LogP contribution in [-0.4, -0.2) is 31.4 Å². The van der Waals surface area contributed by atoms with Gasteiger partial charge in [-0.2, -0.15) is 0 Å². The van der Waals surface area contributed by atoms with Crippen LogP contribution >= 0.6 is 11.8 Å². The molecule has 0 aromatic carbocycles. The SMILES string of the molecule is CCc1cnc(Cn2c(C)cnc2SCC(=O)O)o1. The number of thioether (sulfide) groups is 1. The maximum absolute atomic E-state index is 10.6. The van der Waals surface area contributed by atoms with E-state index in [9.17, 15) is 4.79 Å².